The van der Waals surface area contributed by atoms with E-state index >= 15 is 0 Å². The van der Waals surface area contributed by atoms with E-state index in [-0.39, 0.29) is 12.0 Å². The lowest BCUT2D eigenvalue weighted by Crippen LogP contribution is -2.08. The Morgan fingerprint density at radius 2 is 1.80 bits per heavy atom. The van der Waals surface area contributed by atoms with E-state index in [2.05, 4.69) is 9.97 Å². The van der Waals surface area contributed by atoms with E-state index in [1.807, 2.05) is 0 Å². The molecule has 0 unspecified atom stereocenters. The lowest BCUT2D eigenvalue weighted by molar-refractivity contribution is -0.137. The van der Waals surface area contributed by atoms with Gasteiger partial charge in [-0.3, -0.25) is 4.79 Å². The zero-order valence-electron chi connectivity index (χ0n) is 11.5. The summed E-state index contributed by atoms with van der Waals surface area (Å²) in [5, 5.41) is 18.2. The zero-order valence-corrected chi connectivity index (χ0v) is 12.4. The number of hydrogen-bond acceptors (Lipinski definition) is 5. The molecule has 2 N–H and O–H groups in total. The summed E-state index contributed by atoms with van der Waals surface area (Å²) in [7, 11) is 0. The molecule has 0 saturated heterocycles. The second-order valence-corrected chi connectivity index (χ2v) is 5.48. The highest BCUT2D eigenvalue weighted by atomic mass is 32.2. The molecule has 0 bridgehead atoms. The highest BCUT2D eigenvalue weighted by Gasteiger charge is 2.17. The van der Waals surface area contributed by atoms with Crippen LogP contribution < -0.4 is 0 Å². The molecule has 0 aliphatic carbocycles. The normalized spacial score (nSPS) is 10.5. The lowest BCUT2D eigenvalue weighted by atomic mass is 10.2. The molecule has 0 fully saturated rings. The Balaban J connectivity index is 2.55. The van der Waals surface area contributed by atoms with E-state index in [0.717, 1.165) is 18.6 Å². The summed E-state index contributed by atoms with van der Waals surface area (Å²) in [5.41, 5.74) is 0.629. The lowest BCUT2D eigenvalue weighted by Gasteiger charge is -2.08. The molecule has 0 aliphatic rings. The summed E-state index contributed by atoms with van der Waals surface area (Å²) in [5.74, 6) is -0.528. The number of thioether (sulfide) groups is 1. The maximum Gasteiger partial charge on any atom is 0.340 e. The molecule has 1 aromatic heterocycles. The zero-order chi connectivity index (χ0) is 15.1. The first kappa shape index (κ1) is 16.4. The number of aromatic carboxylic acids is 1. The van der Waals surface area contributed by atoms with Gasteiger partial charge in [-0.25, -0.2) is 14.8 Å². The number of aliphatic carboxylic acids is 1. The molecule has 20 heavy (non-hydrogen) atoms. The van der Waals surface area contributed by atoms with E-state index in [9.17, 15) is 14.7 Å². The van der Waals surface area contributed by atoms with Gasteiger partial charge in [0, 0.05) is 6.42 Å². The number of rotatable bonds is 8. The van der Waals surface area contributed by atoms with Crippen LogP contribution in [0.1, 0.15) is 47.6 Å². The van der Waals surface area contributed by atoms with E-state index in [1.54, 1.807) is 13.8 Å². The smallest absolute Gasteiger partial charge is 0.340 e. The van der Waals surface area contributed by atoms with Gasteiger partial charge in [0.15, 0.2) is 0 Å². The molecular formula is C13H18N2O4S. The third kappa shape index (κ3) is 5.16. The third-order valence-electron chi connectivity index (χ3n) is 2.66. The molecule has 0 atom stereocenters. The van der Waals surface area contributed by atoms with Crippen molar-refractivity contribution in [2.45, 2.75) is 44.6 Å². The van der Waals surface area contributed by atoms with Crippen molar-refractivity contribution < 1.29 is 19.8 Å². The topological polar surface area (TPSA) is 100 Å². The van der Waals surface area contributed by atoms with Crippen molar-refractivity contribution in [2.24, 2.45) is 0 Å². The molecule has 0 aliphatic heterocycles. The van der Waals surface area contributed by atoms with Crippen molar-refractivity contribution in [3.8, 4) is 0 Å². The van der Waals surface area contributed by atoms with Crippen molar-refractivity contribution in [2.75, 3.05) is 5.75 Å². The molecule has 0 aromatic carbocycles. The van der Waals surface area contributed by atoms with Gasteiger partial charge in [0.2, 0.25) is 0 Å². The Labute approximate surface area is 121 Å². The Hall–Kier alpha value is -1.63. The van der Waals surface area contributed by atoms with Crippen molar-refractivity contribution in [3.05, 3.63) is 17.1 Å². The van der Waals surface area contributed by atoms with Crippen molar-refractivity contribution in [3.63, 3.8) is 0 Å². The number of hydrogen-bond donors (Lipinski definition) is 2. The van der Waals surface area contributed by atoms with Crippen molar-refractivity contribution >= 4 is 23.7 Å². The van der Waals surface area contributed by atoms with Crippen LogP contribution in [0.4, 0.5) is 0 Å². The number of carboxylic acids is 2. The van der Waals surface area contributed by atoms with E-state index < -0.39 is 11.9 Å². The minimum absolute atomic E-state index is 0.158. The van der Waals surface area contributed by atoms with Gasteiger partial charge in [-0.2, -0.15) is 0 Å². The largest absolute Gasteiger partial charge is 0.481 e. The third-order valence-corrected chi connectivity index (χ3v) is 3.72. The fraction of sp³-hybridized carbons (Fsp3) is 0.538. The quantitative estimate of drug-likeness (QED) is 0.432. The number of carbonyl (C=O) groups is 2. The number of aryl methyl sites for hydroxylation is 2. The van der Waals surface area contributed by atoms with Crippen LogP contribution in [-0.2, 0) is 4.79 Å². The summed E-state index contributed by atoms with van der Waals surface area (Å²) in [6, 6.07) is 0. The molecule has 6 nitrogen and oxygen atoms in total. The standard InChI is InChI=1S/C13H18N2O4S/c1-8-11(13(18)19)12(15-9(2)14-8)20-7-5-3-4-6-10(16)17/h3-7H2,1-2H3,(H,16,17)(H,18,19). The summed E-state index contributed by atoms with van der Waals surface area (Å²) >= 11 is 1.38. The minimum atomic E-state index is -1.02. The predicted molar refractivity (Wildman–Crippen MR) is 75.3 cm³/mol. The van der Waals surface area contributed by atoms with Crippen molar-refractivity contribution in [1.82, 2.24) is 9.97 Å². The van der Waals surface area contributed by atoms with Gasteiger partial charge in [-0.1, -0.05) is 6.42 Å². The Morgan fingerprint density at radius 3 is 2.40 bits per heavy atom. The molecule has 1 rings (SSSR count). The minimum Gasteiger partial charge on any atom is -0.481 e. The van der Waals surface area contributed by atoms with Gasteiger partial charge < -0.3 is 10.2 Å². The van der Waals surface area contributed by atoms with E-state index in [4.69, 9.17) is 5.11 Å². The number of unbranched alkanes of at least 4 members (excludes halogenated alkanes) is 2. The molecule has 7 heteroatoms. The first-order chi connectivity index (χ1) is 9.41. The van der Waals surface area contributed by atoms with Crippen LogP contribution >= 0.6 is 11.8 Å². The maximum atomic E-state index is 11.2. The summed E-state index contributed by atoms with van der Waals surface area (Å²) in [6.45, 7) is 3.39. The van der Waals surface area contributed by atoms with Crippen LogP contribution in [0.5, 0.6) is 0 Å². The molecule has 0 spiro atoms. The highest BCUT2D eigenvalue weighted by molar-refractivity contribution is 7.99. The molecular weight excluding hydrogens is 280 g/mol. The Bertz CT molecular complexity index is 505. The van der Waals surface area contributed by atoms with Crippen molar-refractivity contribution in [1.29, 1.82) is 0 Å². The Morgan fingerprint density at radius 1 is 1.10 bits per heavy atom. The van der Waals surface area contributed by atoms with Gasteiger partial charge in [0.05, 0.1) is 5.69 Å². The first-order valence-electron chi connectivity index (χ1n) is 6.35. The molecule has 1 aromatic rings. The second-order valence-electron chi connectivity index (χ2n) is 4.39. The monoisotopic (exact) mass is 298 g/mol. The summed E-state index contributed by atoms with van der Waals surface area (Å²) < 4.78 is 0. The van der Waals surface area contributed by atoms with Gasteiger partial charge >= 0.3 is 11.9 Å². The fourth-order valence-corrected chi connectivity index (χ4v) is 2.87. The van der Waals surface area contributed by atoms with Gasteiger partial charge in [0.1, 0.15) is 16.4 Å². The van der Waals surface area contributed by atoms with Crippen LogP contribution in [0, 0.1) is 13.8 Å². The molecule has 0 saturated carbocycles. The van der Waals surface area contributed by atoms with Crippen LogP contribution in [0.25, 0.3) is 0 Å². The number of carboxylic acid groups (broad SMARTS) is 2. The van der Waals surface area contributed by atoms with Crippen LogP contribution in [0.2, 0.25) is 0 Å². The highest BCUT2D eigenvalue weighted by Crippen LogP contribution is 2.24. The van der Waals surface area contributed by atoms with Gasteiger partial charge in [-0.05, 0) is 32.4 Å². The first-order valence-corrected chi connectivity index (χ1v) is 7.33. The average Bonchev–Trinajstić information content (AvgIpc) is 2.31. The SMILES string of the molecule is Cc1nc(C)c(C(=O)O)c(SCCCCCC(=O)O)n1. The van der Waals surface area contributed by atoms with Crippen LogP contribution in [0.3, 0.4) is 0 Å². The van der Waals surface area contributed by atoms with Crippen LogP contribution in [0.15, 0.2) is 5.03 Å². The summed E-state index contributed by atoms with van der Waals surface area (Å²) in [4.78, 5) is 29.8. The Kier molecular flexibility index (Phi) is 6.44. The van der Waals surface area contributed by atoms with E-state index in [0.29, 0.717) is 23.0 Å². The fourth-order valence-electron chi connectivity index (χ4n) is 1.76. The maximum absolute atomic E-state index is 11.2. The number of nitrogens with zero attached hydrogens (tertiary/aromatic N) is 2. The second kappa shape index (κ2) is 7.84. The number of aromatic nitrogens is 2. The van der Waals surface area contributed by atoms with E-state index in [1.165, 1.54) is 11.8 Å². The predicted octanol–water partition coefficient (Wildman–Crippen LogP) is 2.53. The molecule has 0 radical (unpaired) electrons. The molecule has 110 valence electrons. The molecule has 0 amide bonds. The van der Waals surface area contributed by atoms with Gasteiger partial charge in [0.25, 0.3) is 0 Å². The molecule has 1 heterocycles. The average molecular weight is 298 g/mol. The summed E-state index contributed by atoms with van der Waals surface area (Å²) in [6.07, 6.45) is 2.46. The van der Waals surface area contributed by atoms with Gasteiger partial charge in [-0.15, -0.1) is 11.8 Å². The van der Waals surface area contributed by atoms with Crippen LogP contribution in [-0.4, -0.2) is 37.9 Å².